The Morgan fingerprint density at radius 3 is 2.05 bits per heavy atom. The molecule has 0 saturated heterocycles. The minimum Gasteiger partial charge on any atom is -0.481 e. The summed E-state index contributed by atoms with van der Waals surface area (Å²) in [5, 5.41) is 23.3. The molecule has 224 valence electrons. The zero-order valence-electron chi connectivity index (χ0n) is 24.6. The van der Waals surface area contributed by atoms with Crippen LogP contribution in [-0.2, 0) is 16.1 Å². The molecule has 3 N–H and O–H groups in total. The lowest BCUT2D eigenvalue weighted by molar-refractivity contribution is -0.146. The molecule has 4 rings (SSSR count). The standard InChI is InChI=1S/C35H37FN2O5/c1-4-28(35(42)43)29(40)21-27(39)19-20-38-32(22(2)3)31(34(41)37-26-13-9-6-10-14-26)30(23-11-7-5-8-12-23)33(38)24-15-17-25(36)18-16-24/h5-18,22,27-28,39H,4,19-21H2,1-3H3,(H,37,41)(H,42,43)/t27?,28-/m1/s1. The van der Waals surface area contributed by atoms with Gasteiger partial charge in [0.25, 0.3) is 5.91 Å². The molecule has 0 radical (unpaired) electrons. The lowest BCUT2D eigenvalue weighted by atomic mass is 9.94. The fraction of sp³-hybridized carbons (Fsp3) is 0.286. The van der Waals surface area contributed by atoms with E-state index >= 15 is 0 Å². The molecule has 43 heavy (non-hydrogen) atoms. The molecule has 8 heteroatoms. The number of hydrogen-bond donors (Lipinski definition) is 3. The number of para-hydroxylation sites is 1. The zero-order valence-corrected chi connectivity index (χ0v) is 24.6. The molecule has 0 aliphatic heterocycles. The summed E-state index contributed by atoms with van der Waals surface area (Å²) in [5.74, 6) is -3.73. The first kappa shape index (κ1) is 31.4. The normalized spacial score (nSPS) is 12.6. The molecular weight excluding hydrogens is 547 g/mol. The first-order chi connectivity index (χ1) is 20.6. The van der Waals surface area contributed by atoms with Crippen LogP contribution in [0.25, 0.3) is 22.4 Å². The van der Waals surface area contributed by atoms with Crippen LogP contribution in [0.2, 0.25) is 0 Å². The molecule has 1 unspecified atom stereocenters. The lowest BCUT2D eigenvalue weighted by Gasteiger charge is -2.19. The molecule has 0 aliphatic carbocycles. The summed E-state index contributed by atoms with van der Waals surface area (Å²) in [4.78, 5) is 38.2. The van der Waals surface area contributed by atoms with Gasteiger partial charge in [0.1, 0.15) is 17.5 Å². The highest BCUT2D eigenvalue weighted by Crippen LogP contribution is 2.42. The second-order valence-corrected chi connectivity index (χ2v) is 10.9. The van der Waals surface area contributed by atoms with E-state index in [9.17, 15) is 29.0 Å². The molecule has 0 bridgehead atoms. The van der Waals surface area contributed by atoms with Crippen LogP contribution in [0.1, 0.15) is 62.0 Å². The van der Waals surface area contributed by atoms with Gasteiger partial charge < -0.3 is 20.1 Å². The number of rotatable bonds is 13. The fourth-order valence-corrected chi connectivity index (χ4v) is 5.50. The largest absolute Gasteiger partial charge is 0.481 e. The molecule has 0 aliphatic rings. The van der Waals surface area contributed by atoms with E-state index in [-0.39, 0.29) is 37.6 Å². The van der Waals surface area contributed by atoms with Crippen molar-refractivity contribution in [1.82, 2.24) is 4.57 Å². The van der Waals surface area contributed by atoms with Crippen LogP contribution in [0.15, 0.2) is 84.9 Å². The Balaban J connectivity index is 1.87. The van der Waals surface area contributed by atoms with Gasteiger partial charge in [0, 0.05) is 29.9 Å². The summed E-state index contributed by atoms with van der Waals surface area (Å²) >= 11 is 0. The van der Waals surface area contributed by atoms with Crippen molar-refractivity contribution in [2.75, 3.05) is 5.32 Å². The number of aliphatic hydroxyl groups excluding tert-OH is 1. The first-order valence-electron chi connectivity index (χ1n) is 14.5. The molecule has 0 spiro atoms. The van der Waals surface area contributed by atoms with Crippen LogP contribution < -0.4 is 5.32 Å². The number of benzene rings is 3. The van der Waals surface area contributed by atoms with Crippen molar-refractivity contribution in [3.8, 4) is 22.4 Å². The van der Waals surface area contributed by atoms with Gasteiger partial charge in [-0.3, -0.25) is 14.4 Å². The second-order valence-electron chi connectivity index (χ2n) is 10.9. The minimum absolute atomic E-state index is 0.136. The molecule has 7 nitrogen and oxygen atoms in total. The van der Waals surface area contributed by atoms with Crippen LogP contribution in [0.3, 0.4) is 0 Å². The molecule has 1 aromatic heterocycles. The predicted molar refractivity (Wildman–Crippen MR) is 165 cm³/mol. The van der Waals surface area contributed by atoms with Gasteiger partial charge in [-0.15, -0.1) is 0 Å². The molecule has 0 fully saturated rings. The number of aromatic nitrogens is 1. The number of aliphatic hydroxyl groups is 1. The smallest absolute Gasteiger partial charge is 0.314 e. The fourth-order valence-electron chi connectivity index (χ4n) is 5.50. The van der Waals surface area contributed by atoms with Crippen molar-refractivity contribution in [1.29, 1.82) is 0 Å². The third-order valence-corrected chi connectivity index (χ3v) is 7.51. The Kier molecular flexibility index (Phi) is 10.3. The molecule has 1 heterocycles. The van der Waals surface area contributed by atoms with Gasteiger partial charge in [0.15, 0.2) is 0 Å². The highest BCUT2D eigenvalue weighted by molar-refractivity contribution is 6.12. The van der Waals surface area contributed by atoms with Gasteiger partial charge in [0.2, 0.25) is 0 Å². The number of Topliss-reactive ketones (excluding diaryl/α,β-unsaturated/α-hetero) is 1. The summed E-state index contributed by atoms with van der Waals surface area (Å²) < 4.78 is 16.0. The highest BCUT2D eigenvalue weighted by atomic mass is 19.1. The van der Waals surface area contributed by atoms with E-state index in [1.807, 2.05) is 66.9 Å². The summed E-state index contributed by atoms with van der Waals surface area (Å²) in [7, 11) is 0. The van der Waals surface area contributed by atoms with Crippen molar-refractivity contribution in [2.24, 2.45) is 5.92 Å². The number of hydrogen-bond acceptors (Lipinski definition) is 4. The van der Waals surface area contributed by atoms with E-state index in [0.717, 1.165) is 11.3 Å². The number of ketones is 1. The van der Waals surface area contributed by atoms with Gasteiger partial charge in [-0.05, 0) is 66.3 Å². The van der Waals surface area contributed by atoms with E-state index in [1.165, 1.54) is 12.1 Å². The number of amides is 1. The van der Waals surface area contributed by atoms with Crippen LogP contribution in [0.5, 0.6) is 0 Å². The average Bonchev–Trinajstić information content (AvgIpc) is 3.33. The molecule has 0 saturated carbocycles. The Bertz CT molecular complexity index is 1560. The summed E-state index contributed by atoms with van der Waals surface area (Å²) in [5.41, 5.74) is 4.66. The highest BCUT2D eigenvalue weighted by Gasteiger charge is 2.31. The number of carboxylic acid groups (broad SMARTS) is 1. The third kappa shape index (κ3) is 7.27. The van der Waals surface area contributed by atoms with Crippen molar-refractivity contribution in [3.05, 3.63) is 102 Å². The van der Waals surface area contributed by atoms with Gasteiger partial charge in [-0.1, -0.05) is 69.3 Å². The Labute approximate surface area is 251 Å². The SMILES string of the molecule is CC[C@@H](C(=O)O)C(=O)CC(O)CCn1c(-c2ccc(F)cc2)c(-c2ccccc2)c(C(=O)Nc2ccccc2)c1C(C)C. The third-order valence-electron chi connectivity index (χ3n) is 7.51. The Morgan fingerprint density at radius 2 is 1.49 bits per heavy atom. The average molecular weight is 585 g/mol. The van der Waals surface area contributed by atoms with Crippen LogP contribution in [0.4, 0.5) is 10.1 Å². The number of nitrogens with zero attached hydrogens (tertiary/aromatic N) is 1. The van der Waals surface area contributed by atoms with Gasteiger partial charge >= 0.3 is 5.97 Å². The van der Waals surface area contributed by atoms with E-state index in [1.54, 1.807) is 31.2 Å². The number of carbonyl (C=O) groups excluding carboxylic acids is 2. The Hall–Kier alpha value is -4.56. The van der Waals surface area contributed by atoms with Crippen molar-refractivity contribution in [2.45, 2.75) is 58.6 Å². The summed E-state index contributed by atoms with van der Waals surface area (Å²) in [6.45, 7) is 5.82. The molecule has 1 amide bonds. The van der Waals surface area contributed by atoms with Crippen molar-refractivity contribution < 1.29 is 29.0 Å². The van der Waals surface area contributed by atoms with Crippen LogP contribution in [-0.4, -0.2) is 38.5 Å². The minimum atomic E-state index is -1.20. The zero-order chi connectivity index (χ0) is 31.1. The monoisotopic (exact) mass is 584 g/mol. The quantitative estimate of drug-likeness (QED) is 0.145. The first-order valence-corrected chi connectivity index (χ1v) is 14.5. The maximum Gasteiger partial charge on any atom is 0.314 e. The number of halogens is 1. The van der Waals surface area contributed by atoms with E-state index < -0.39 is 29.6 Å². The number of aliphatic carboxylic acids is 1. The van der Waals surface area contributed by atoms with Crippen LogP contribution >= 0.6 is 0 Å². The van der Waals surface area contributed by atoms with Gasteiger partial charge in [0.05, 0.1) is 17.4 Å². The molecule has 2 atom stereocenters. The van der Waals surface area contributed by atoms with Crippen LogP contribution in [0, 0.1) is 11.7 Å². The van der Waals surface area contributed by atoms with Gasteiger partial charge in [-0.2, -0.15) is 0 Å². The lowest BCUT2D eigenvalue weighted by Crippen LogP contribution is -2.27. The van der Waals surface area contributed by atoms with Crippen molar-refractivity contribution >= 4 is 23.3 Å². The number of carbonyl (C=O) groups is 3. The molecule has 3 aromatic carbocycles. The maximum atomic E-state index is 14.1. The number of carboxylic acids is 1. The Morgan fingerprint density at radius 1 is 0.884 bits per heavy atom. The number of nitrogens with one attached hydrogen (secondary N) is 1. The maximum absolute atomic E-state index is 14.1. The summed E-state index contributed by atoms with van der Waals surface area (Å²) in [6, 6.07) is 24.7. The molecule has 4 aromatic rings. The van der Waals surface area contributed by atoms with Crippen molar-refractivity contribution in [3.63, 3.8) is 0 Å². The molecular formula is C35H37FN2O5. The second kappa shape index (κ2) is 14.1. The number of anilines is 1. The predicted octanol–water partition coefficient (Wildman–Crippen LogP) is 7.16. The summed E-state index contributed by atoms with van der Waals surface area (Å²) in [6.07, 6.45) is -1.10. The topological polar surface area (TPSA) is 109 Å². The van der Waals surface area contributed by atoms with E-state index in [4.69, 9.17) is 0 Å². The van der Waals surface area contributed by atoms with E-state index in [0.29, 0.717) is 28.1 Å². The van der Waals surface area contributed by atoms with E-state index in [2.05, 4.69) is 5.32 Å². The van der Waals surface area contributed by atoms with Gasteiger partial charge in [-0.25, -0.2) is 4.39 Å².